The Morgan fingerprint density at radius 2 is 1.78 bits per heavy atom. The van der Waals surface area contributed by atoms with E-state index in [0.29, 0.717) is 6.04 Å². The Labute approximate surface area is 190 Å². The van der Waals surface area contributed by atoms with Crippen molar-refractivity contribution >= 4 is 22.4 Å². The average molecular weight is 430 g/mol. The molecule has 32 heavy (non-hydrogen) atoms. The molecule has 1 aliphatic heterocycles. The van der Waals surface area contributed by atoms with E-state index in [1.54, 1.807) is 7.11 Å². The Morgan fingerprint density at radius 1 is 1.06 bits per heavy atom. The van der Waals surface area contributed by atoms with Crippen LogP contribution in [0.1, 0.15) is 34.3 Å². The smallest absolute Gasteiger partial charge is 0.252 e. The van der Waals surface area contributed by atoms with Crippen LogP contribution in [0.2, 0.25) is 0 Å². The van der Waals surface area contributed by atoms with Crippen molar-refractivity contribution in [3.8, 4) is 5.75 Å². The first-order valence-electron chi connectivity index (χ1n) is 11.3. The fraction of sp³-hybridized carbons (Fsp3) is 0.370. The first kappa shape index (κ1) is 20.8. The van der Waals surface area contributed by atoms with Gasteiger partial charge in [0.15, 0.2) is 0 Å². The number of rotatable bonds is 6. The lowest BCUT2D eigenvalue weighted by molar-refractivity contribution is 0.0930. The zero-order valence-electron chi connectivity index (χ0n) is 19.3. The van der Waals surface area contributed by atoms with Crippen LogP contribution in [-0.2, 0) is 5.54 Å². The standard InChI is InChI=1S/C27H31N3O2/c1-18-9-10-19(30-16-20(17-30)29(2)3)15-23(18)26(31)28-27(13-14-27)24-11-12-25(32-4)22-8-6-5-7-21(22)24/h5-12,15,20H,13-14,16-17H2,1-4H3,(H,28,31). The van der Waals surface area contributed by atoms with E-state index in [2.05, 4.69) is 65.6 Å². The summed E-state index contributed by atoms with van der Waals surface area (Å²) in [5.74, 6) is 0.868. The van der Waals surface area contributed by atoms with E-state index in [9.17, 15) is 4.79 Å². The van der Waals surface area contributed by atoms with Crippen LogP contribution < -0.4 is 15.0 Å². The molecular weight excluding hydrogens is 398 g/mol. The van der Waals surface area contributed by atoms with Crippen LogP contribution in [-0.4, -0.2) is 51.1 Å². The number of hydrogen-bond acceptors (Lipinski definition) is 4. The fourth-order valence-corrected chi connectivity index (χ4v) is 4.78. The predicted octanol–water partition coefficient (Wildman–Crippen LogP) is 4.33. The number of nitrogens with one attached hydrogen (secondary N) is 1. The summed E-state index contributed by atoms with van der Waals surface area (Å²) < 4.78 is 5.56. The van der Waals surface area contributed by atoms with E-state index in [4.69, 9.17) is 4.74 Å². The number of nitrogens with zero attached hydrogens (tertiary/aromatic N) is 2. The van der Waals surface area contributed by atoms with Crippen LogP contribution in [0.5, 0.6) is 5.75 Å². The highest BCUT2D eigenvalue weighted by molar-refractivity contribution is 5.98. The molecule has 2 aliphatic rings. The summed E-state index contributed by atoms with van der Waals surface area (Å²) in [5.41, 5.74) is 3.76. The van der Waals surface area contributed by atoms with Gasteiger partial charge in [-0.1, -0.05) is 36.4 Å². The predicted molar refractivity (Wildman–Crippen MR) is 130 cm³/mol. The summed E-state index contributed by atoms with van der Waals surface area (Å²) >= 11 is 0. The van der Waals surface area contributed by atoms with Crippen LogP contribution in [0.25, 0.3) is 10.8 Å². The van der Waals surface area contributed by atoms with E-state index in [1.165, 1.54) is 5.56 Å². The highest BCUT2D eigenvalue weighted by atomic mass is 16.5. The van der Waals surface area contributed by atoms with Crippen molar-refractivity contribution in [1.82, 2.24) is 10.2 Å². The van der Waals surface area contributed by atoms with Gasteiger partial charge < -0.3 is 19.9 Å². The van der Waals surface area contributed by atoms with Crippen molar-refractivity contribution in [2.24, 2.45) is 0 Å². The van der Waals surface area contributed by atoms with Gasteiger partial charge in [-0.25, -0.2) is 0 Å². The lowest BCUT2D eigenvalue weighted by Gasteiger charge is -2.44. The summed E-state index contributed by atoms with van der Waals surface area (Å²) in [4.78, 5) is 18.0. The Bertz CT molecular complexity index is 1180. The highest BCUT2D eigenvalue weighted by Crippen LogP contribution is 2.49. The Kier molecular flexibility index (Phi) is 5.09. The number of aryl methyl sites for hydroxylation is 1. The number of amides is 1. The van der Waals surface area contributed by atoms with Gasteiger partial charge in [0, 0.05) is 35.8 Å². The number of ether oxygens (including phenoxy) is 1. The van der Waals surface area contributed by atoms with Crippen molar-refractivity contribution < 1.29 is 9.53 Å². The lowest BCUT2D eigenvalue weighted by atomic mass is 9.95. The van der Waals surface area contributed by atoms with Crippen molar-refractivity contribution in [3.63, 3.8) is 0 Å². The van der Waals surface area contributed by atoms with Gasteiger partial charge in [-0.05, 0) is 68.6 Å². The molecule has 0 unspecified atom stereocenters. The summed E-state index contributed by atoms with van der Waals surface area (Å²) in [6, 6.07) is 19.2. The zero-order chi connectivity index (χ0) is 22.5. The van der Waals surface area contributed by atoms with Gasteiger partial charge in [-0.15, -0.1) is 0 Å². The van der Waals surface area contributed by atoms with Gasteiger partial charge in [-0.3, -0.25) is 4.79 Å². The maximum absolute atomic E-state index is 13.4. The van der Waals surface area contributed by atoms with Crippen molar-refractivity contribution in [1.29, 1.82) is 0 Å². The monoisotopic (exact) mass is 429 g/mol. The van der Waals surface area contributed by atoms with Gasteiger partial charge in [0.1, 0.15) is 5.75 Å². The molecule has 166 valence electrons. The lowest BCUT2D eigenvalue weighted by Crippen LogP contribution is -2.57. The van der Waals surface area contributed by atoms with Crippen LogP contribution in [0.15, 0.2) is 54.6 Å². The molecule has 3 aromatic rings. The van der Waals surface area contributed by atoms with Crippen molar-refractivity contribution in [3.05, 3.63) is 71.3 Å². The second kappa shape index (κ2) is 7.82. The molecule has 1 heterocycles. The summed E-state index contributed by atoms with van der Waals surface area (Å²) in [6.07, 6.45) is 1.90. The molecule has 0 spiro atoms. The molecule has 0 atom stereocenters. The van der Waals surface area contributed by atoms with Gasteiger partial charge in [-0.2, -0.15) is 0 Å². The summed E-state index contributed by atoms with van der Waals surface area (Å²) in [5, 5.41) is 5.62. The van der Waals surface area contributed by atoms with Crippen LogP contribution in [0.3, 0.4) is 0 Å². The van der Waals surface area contributed by atoms with E-state index in [0.717, 1.165) is 59.3 Å². The Balaban J connectivity index is 1.41. The quantitative estimate of drug-likeness (QED) is 0.634. The average Bonchev–Trinajstić information content (AvgIpc) is 3.52. The molecule has 0 radical (unpaired) electrons. The molecule has 5 rings (SSSR count). The minimum atomic E-state index is -0.307. The summed E-state index contributed by atoms with van der Waals surface area (Å²) in [6.45, 7) is 4.01. The second-order valence-corrected chi connectivity index (χ2v) is 9.42. The van der Waals surface area contributed by atoms with Gasteiger partial charge in [0.25, 0.3) is 5.91 Å². The van der Waals surface area contributed by atoms with Gasteiger partial charge >= 0.3 is 0 Å². The molecule has 1 aliphatic carbocycles. The number of methoxy groups -OCH3 is 1. The van der Waals surface area contributed by atoms with E-state index < -0.39 is 0 Å². The molecule has 3 aromatic carbocycles. The third-order valence-corrected chi connectivity index (χ3v) is 7.15. The maximum Gasteiger partial charge on any atom is 0.252 e. The summed E-state index contributed by atoms with van der Waals surface area (Å²) in [7, 11) is 5.94. The minimum Gasteiger partial charge on any atom is -0.496 e. The minimum absolute atomic E-state index is 0.00596. The van der Waals surface area contributed by atoms with E-state index in [1.807, 2.05) is 25.1 Å². The molecular formula is C27H31N3O2. The zero-order valence-corrected chi connectivity index (χ0v) is 19.3. The first-order chi connectivity index (χ1) is 15.4. The highest BCUT2D eigenvalue weighted by Gasteiger charge is 2.47. The van der Waals surface area contributed by atoms with Crippen LogP contribution in [0.4, 0.5) is 5.69 Å². The molecule has 1 amide bonds. The third kappa shape index (κ3) is 3.51. The number of fused-ring (bicyclic) bond motifs is 1. The maximum atomic E-state index is 13.4. The van der Waals surface area contributed by atoms with Gasteiger partial charge in [0.05, 0.1) is 12.6 Å². The molecule has 0 bridgehead atoms. The van der Waals surface area contributed by atoms with Crippen LogP contribution >= 0.6 is 0 Å². The third-order valence-electron chi connectivity index (χ3n) is 7.15. The SMILES string of the molecule is COc1ccc(C2(NC(=O)c3cc(N4CC(N(C)C)C4)ccc3C)CC2)c2ccccc12. The fourth-order valence-electron chi connectivity index (χ4n) is 4.78. The van der Waals surface area contributed by atoms with Crippen molar-refractivity contribution in [2.75, 3.05) is 39.2 Å². The van der Waals surface area contributed by atoms with E-state index in [-0.39, 0.29) is 11.4 Å². The van der Waals surface area contributed by atoms with Crippen molar-refractivity contribution in [2.45, 2.75) is 31.3 Å². The number of hydrogen-bond donors (Lipinski definition) is 1. The number of carbonyl (C=O) groups is 1. The molecule has 0 aromatic heterocycles. The molecule has 1 saturated heterocycles. The molecule has 1 N–H and O–H groups in total. The largest absolute Gasteiger partial charge is 0.496 e. The normalized spacial score (nSPS) is 17.3. The van der Waals surface area contributed by atoms with Crippen LogP contribution in [0, 0.1) is 6.92 Å². The second-order valence-electron chi connectivity index (χ2n) is 9.42. The Hall–Kier alpha value is -3.05. The first-order valence-corrected chi connectivity index (χ1v) is 11.3. The topological polar surface area (TPSA) is 44.8 Å². The number of carbonyl (C=O) groups excluding carboxylic acids is 1. The molecule has 5 heteroatoms. The number of anilines is 1. The van der Waals surface area contributed by atoms with Gasteiger partial charge in [0.2, 0.25) is 0 Å². The van der Waals surface area contributed by atoms with E-state index >= 15 is 0 Å². The molecule has 1 saturated carbocycles. The molecule has 5 nitrogen and oxygen atoms in total. The number of benzene rings is 3. The molecule has 2 fully saturated rings. The number of likely N-dealkylation sites (N-methyl/N-ethyl adjacent to an activating group) is 1. The Morgan fingerprint density at radius 3 is 2.44 bits per heavy atom.